The van der Waals surface area contributed by atoms with E-state index in [2.05, 4.69) is 27.4 Å². The second-order valence-electron chi connectivity index (χ2n) is 4.95. The molecule has 114 valence electrons. The highest BCUT2D eigenvalue weighted by Gasteiger charge is 2.06. The number of hydrogen-bond acceptors (Lipinski definition) is 5. The molecule has 3 aromatic rings. The molecule has 0 unspecified atom stereocenters. The van der Waals surface area contributed by atoms with Crippen LogP contribution in [0.4, 0.5) is 11.5 Å². The van der Waals surface area contributed by atoms with Gasteiger partial charge in [0.2, 0.25) is 0 Å². The lowest BCUT2D eigenvalue weighted by molar-refractivity contribution is -0.389. The first-order chi connectivity index (χ1) is 11.2. The fourth-order valence-electron chi connectivity index (χ4n) is 2.16. The zero-order valence-electron chi connectivity index (χ0n) is 12.2. The first-order valence-electron chi connectivity index (χ1n) is 7.06. The van der Waals surface area contributed by atoms with Crippen LogP contribution in [0.3, 0.4) is 0 Å². The molecule has 2 aromatic heterocycles. The van der Waals surface area contributed by atoms with Crippen molar-refractivity contribution >= 4 is 11.5 Å². The second-order valence-corrected chi connectivity index (χ2v) is 4.95. The molecule has 6 nitrogen and oxygen atoms in total. The van der Waals surface area contributed by atoms with Gasteiger partial charge < -0.3 is 15.4 Å². The second kappa shape index (κ2) is 6.65. The molecule has 0 radical (unpaired) electrons. The van der Waals surface area contributed by atoms with E-state index in [9.17, 15) is 10.1 Å². The third-order valence-electron chi connectivity index (χ3n) is 3.40. The largest absolute Gasteiger partial charge is 0.378 e. The van der Waals surface area contributed by atoms with Crippen LogP contribution in [0.5, 0.6) is 0 Å². The molecule has 3 rings (SSSR count). The van der Waals surface area contributed by atoms with Crippen LogP contribution in [0.15, 0.2) is 67.1 Å². The van der Waals surface area contributed by atoms with Crippen LogP contribution in [0.2, 0.25) is 0 Å². The van der Waals surface area contributed by atoms with E-state index in [1.807, 2.05) is 24.3 Å². The minimum atomic E-state index is -0.512. The molecular weight excluding hydrogens is 292 g/mol. The Balaban J connectivity index is 1.63. The molecular formula is C17H14N4O2. The van der Waals surface area contributed by atoms with Gasteiger partial charge in [0, 0.05) is 25.0 Å². The van der Waals surface area contributed by atoms with E-state index in [1.165, 1.54) is 12.3 Å². The molecule has 0 aliphatic heterocycles. The zero-order valence-corrected chi connectivity index (χ0v) is 12.2. The maximum absolute atomic E-state index is 10.6. The van der Waals surface area contributed by atoms with Crippen LogP contribution in [-0.2, 0) is 6.54 Å². The molecule has 0 atom stereocenters. The van der Waals surface area contributed by atoms with E-state index in [0.29, 0.717) is 6.54 Å². The lowest BCUT2D eigenvalue weighted by Crippen LogP contribution is -2.00. The van der Waals surface area contributed by atoms with Gasteiger partial charge in [0.15, 0.2) is 6.20 Å². The number of nitro groups is 1. The van der Waals surface area contributed by atoms with Gasteiger partial charge in [-0.15, -0.1) is 0 Å². The van der Waals surface area contributed by atoms with Crippen LogP contribution in [0.25, 0.3) is 11.1 Å². The first kappa shape index (κ1) is 14.6. The van der Waals surface area contributed by atoms with E-state index in [-0.39, 0.29) is 5.82 Å². The van der Waals surface area contributed by atoms with Gasteiger partial charge >= 0.3 is 5.82 Å². The number of nitrogens with zero attached hydrogens (tertiary/aromatic N) is 3. The molecule has 0 amide bonds. The summed E-state index contributed by atoms with van der Waals surface area (Å²) in [6.07, 6.45) is 5.00. The Bertz CT molecular complexity index is 787. The van der Waals surface area contributed by atoms with Gasteiger partial charge in [-0.2, -0.15) is 0 Å². The Morgan fingerprint density at radius 3 is 2.26 bits per heavy atom. The minimum Gasteiger partial charge on any atom is -0.378 e. The molecule has 0 aliphatic rings. The van der Waals surface area contributed by atoms with E-state index in [1.54, 1.807) is 18.5 Å². The van der Waals surface area contributed by atoms with Crippen LogP contribution in [0.1, 0.15) is 5.56 Å². The van der Waals surface area contributed by atoms with Crippen LogP contribution in [-0.4, -0.2) is 14.9 Å². The fourth-order valence-corrected chi connectivity index (χ4v) is 2.16. The van der Waals surface area contributed by atoms with Crippen molar-refractivity contribution in [3.8, 4) is 11.1 Å². The Morgan fingerprint density at radius 1 is 0.957 bits per heavy atom. The van der Waals surface area contributed by atoms with Crippen molar-refractivity contribution in [2.75, 3.05) is 5.32 Å². The van der Waals surface area contributed by atoms with Crippen LogP contribution < -0.4 is 5.32 Å². The molecule has 2 heterocycles. The Hall–Kier alpha value is -3.28. The molecule has 1 aromatic carbocycles. The molecule has 23 heavy (non-hydrogen) atoms. The highest BCUT2D eigenvalue weighted by Crippen LogP contribution is 2.19. The predicted octanol–water partition coefficient (Wildman–Crippen LogP) is 3.66. The SMILES string of the molecule is O=[N+]([O-])c1ccc(NCc2ccc(-c3ccncc3)cc2)cn1. The molecule has 0 fully saturated rings. The third-order valence-corrected chi connectivity index (χ3v) is 3.40. The molecule has 6 heteroatoms. The molecule has 1 N–H and O–H groups in total. The van der Waals surface area contributed by atoms with Gasteiger partial charge in [-0.05, 0) is 44.8 Å². The summed E-state index contributed by atoms with van der Waals surface area (Å²) in [7, 11) is 0. The predicted molar refractivity (Wildman–Crippen MR) is 87.9 cm³/mol. The Kier molecular flexibility index (Phi) is 4.24. The summed E-state index contributed by atoms with van der Waals surface area (Å²) in [6.45, 7) is 0.621. The van der Waals surface area contributed by atoms with Crippen LogP contribution >= 0.6 is 0 Å². The Labute approximate surface area is 133 Å². The minimum absolute atomic E-state index is 0.155. The standard InChI is InChI=1S/C17H14N4O2/c22-21(23)17-6-5-16(12-20-17)19-11-13-1-3-14(4-2-13)15-7-9-18-10-8-15/h1-10,12,19H,11H2. The molecule has 0 bridgehead atoms. The number of hydrogen-bond donors (Lipinski definition) is 1. The maximum Gasteiger partial charge on any atom is 0.363 e. The molecule has 0 saturated heterocycles. The Morgan fingerprint density at radius 2 is 1.65 bits per heavy atom. The lowest BCUT2D eigenvalue weighted by Gasteiger charge is -2.06. The first-order valence-corrected chi connectivity index (χ1v) is 7.06. The summed E-state index contributed by atoms with van der Waals surface area (Å²) < 4.78 is 0. The van der Waals surface area contributed by atoms with Crippen molar-refractivity contribution < 1.29 is 4.92 Å². The summed E-state index contributed by atoms with van der Waals surface area (Å²) in [5.74, 6) is -0.155. The topological polar surface area (TPSA) is 81.0 Å². The van der Waals surface area contributed by atoms with E-state index >= 15 is 0 Å². The number of aromatic nitrogens is 2. The highest BCUT2D eigenvalue weighted by atomic mass is 16.6. The van der Waals surface area contributed by atoms with Crippen molar-refractivity contribution in [1.82, 2.24) is 9.97 Å². The smallest absolute Gasteiger partial charge is 0.363 e. The summed E-state index contributed by atoms with van der Waals surface area (Å²) in [5, 5.41) is 13.8. The number of rotatable bonds is 5. The van der Waals surface area contributed by atoms with Crippen molar-refractivity contribution in [3.63, 3.8) is 0 Å². The zero-order chi connectivity index (χ0) is 16.1. The highest BCUT2D eigenvalue weighted by molar-refractivity contribution is 5.63. The summed E-state index contributed by atoms with van der Waals surface area (Å²) in [4.78, 5) is 17.8. The van der Waals surface area contributed by atoms with Crippen molar-refractivity contribution in [1.29, 1.82) is 0 Å². The van der Waals surface area contributed by atoms with E-state index in [4.69, 9.17) is 0 Å². The lowest BCUT2D eigenvalue weighted by atomic mass is 10.1. The van der Waals surface area contributed by atoms with Gasteiger partial charge in [-0.3, -0.25) is 4.98 Å². The maximum atomic E-state index is 10.6. The number of pyridine rings is 2. The number of anilines is 1. The summed E-state index contributed by atoms with van der Waals surface area (Å²) in [5.41, 5.74) is 4.11. The normalized spacial score (nSPS) is 10.3. The van der Waals surface area contributed by atoms with Crippen molar-refractivity contribution in [2.24, 2.45) is 0 Å². The van der Waals surface area contributed by atoms with Gasteiger partial charge in [0.1, 0.15) is 0 Å². The van der Waals surface area contributed by atoms with Crippen LogP contribution in [0, 0.1) is 10.1 Å². The quantitative estimate of drug-likeness (QED) is 0.574. The number of benzene rings is 1. The van der Waals surface area contributed by atoms with E-state index in [0.717, 1.165) is 22.4 Å². The average molecular weight is 306 g/mol. The average Bonchev–Trinajstić information content (AvgIpc) is 2.61. The molecule has 0 spiro atoms. The van der Waals surface area contributed by atoms with Gasteiger partial charge in [-0.25, -0.2) is 0 Å². The monoisotopic (exact) mass is 306 g/mol. The van der Waals surface area contributed by atoms with Gasteiger partial charge in [-0.1, -0.05) is 24.3 Å². The fraction of sp³-hybridized carbons (Fsp3) is 0.0588. The number of nitrogens with one attached hydrogen (secondary N) is 1. The van der Waals surface area contributed by atoms with Crippen molar-refractivity contribution in [3.05, 3.63) is 82.8 Å². The van der Waals surface area contributed by atoms with Gasteiger partial charge in [0.05, 0.1) is 5.69 Å². The third kappa shape index (κ3) is 3.68. The summed E-state index contributed by atoms with van der Waals surface area (Å²) in [6, 6.07) is 15.2. The summed E-state index contributed by atoms with van der Waals surface area (Å²) >= 11 is 0. The van der Waals surface area contributed by atoms with Crippen molar-refractivity contribution in [2.45, 2.75) is 6.54 Å². The van der Waals surface area contributed by atoms with E-state index < -0.39 is 4.92 Å². The van der Waals surface area contributed by atoms with Gasteiger partial charge in [0.25, 0.3) is 0 Å². The molecule has 0 saturated carbocycles. The molecule has 0 aliphatic carbocycles.